The average molecular weight is 123 g/mol. The first-order valence-corrected chi connectivity index (χ1v) is 3.71. The molecule has 0 nitrogen and oxygen atoms in total. The topological polar surface area (TPSA) is 0 Å². The monoisotopic (exact) mass is 123 g/mol. The van der Waals surface area contributed by atoms with Crippen molar-refractivity contribution in [2.24, 2.45) is 0 Å². The summed E-state index contributed by atoms with van der Waals surface area (Å²) in [6, 6.07) is 0. The van der Waals surface area contributed by atoms with Gasteiger partial charge in [0.15, 0.2) is 0 Å². The van der Waals surface area contributed by atoms with Gasteiger partial charge in [-0.15, -0.1) is 0 Å². The Morgan fingerprint density at radius 1 is 0.667 bits per heavy atom. The molecule has 0 radical (unpaired) electrons. The van der Waals surface area contributed by atoms with Crippen molar-refractivity contribution >= 4 is 8.78 Å². The molecule has 0 heterocycles. The fourth-order valence-corrected chi connectivity index (χ4v) is 1.59. The molecule has 9 heavy (non-hydrogen) atoms. The van der Waals surface area contributed by atoms with Crippen LogP contribution in [0.1, 0.15) is 41.5 Å². The summed E-state index contributed by atoms with van der Waals surface area (Å²) in [7, 11) is 1.29. The van der Waals surface area contributed by atoms with Crippen molar-refractivity contribution in [2.75, 3.05) is 0 Å². The van der Waals surface area contributed by atoms with Gasteiger partial charge < -0.3 is 0 Å². The zero-order valence-electron chi connectivity index (χ0n) is 7.71. The molecule has 0 unspecified atom stereocenters. The Morgan fingerprint density at radius 2 is 0.889 bits per heavy atom. The number of hydrogen-bond donors (Lipinski definition) is 0. The summed E-state index contributed by atoms with van der Waals surface area (Å²) in [5.74, 6) is 0. The maximum atomic E-state index is 2.29. The van der Waals surface area contributed by atoms with E-state index in [1.54, 1.807) is 0 Å². The van der Waals surface area contributed by atoms with E-state index in [4.69, 9.17) is 0 Å². The van der Waals surface area contributed by atoms with Crippen molar-refractivity contribution in [3.8, 4) is 0 Å². The predicted molar refractivity (Wildman–Crippen MR) is 45.2 cm³/mol. The van der Waals surface area contributed by atoms with Crippen LogP contribution in [0.5, 0.6) is 0 Å². The molecule has 0 rings (SSSR count). The summed E-state index contributed by atoms with van der Waals surface area (Å²) in [6.07, 6.45) is 0. The Hall–Kier alpha value is 0.169. The van der Waals surface area contributed by atoms with Crippen molar-refractivity contribution in [2.45, 2.75) is 51.8 Å². The maximum absolute atomic E-state index is 2.29. The van der Waals surface area contributed by atoms with E-state index in [1.165, 1.54) is 8.78 Å². The molecule has 0 aliphatic carbocycles. The number of rotatable bonds is 0. The van der Waals surface area contributed by atoms with Gasteiger partial charge in [-0.3, -0.25) is 0 Å². The van der Waals surface area contributed by atoms with E-state index in [1.807, 2.05) is 0 Å². The second-order valence-corrected chi connectivity index (χ2v) is 5.30. The third-order valence-electron chi connectivity index (χ3n) is 1.06. The van der Waals surface area contributed by atoms with Gasteiger partial charge in [-0.05, 0) is 0 Å². The molecule has 0 spiro atoms. The first-order chi connectivity index (χ1) is 3.71. The van der Waals surface area contributed by atoms with E-state index in [0.717, 1.165) is 0 Å². The third-order valence-corrected chi connectivity index (χ3v) is 1.06. The Kier molecular flexibility index (Phi) is 2.47. The van der Waals surface area contributed by atoms with Crippen LogP contribution in [0, 0.1) is 0 Å². The molecular formula is C8H18Be. The summed E-state index contributed by atoms with van der Waals surface area (Å²) in [5.41, 5.74) is 0. The first kappa shape index (κ1) is 9.17. The van der Waals surface area contributed by atoms with E-state index >= 15 is 0 Å². The van der Waals surface area contributed by atoms with Crippen LogP contribution in [-0.2, 0) is 0 Å². The molecule has 0 saturated heterocycles. The molecule has 0 aromatic heterocycles. The van der Waals surface area contributed by atoms with Gasteiger partial charge in [-0.1, -0.05) is 0 Å². The molecule has 52 valence electrons. The summed E-state index contributed by atoms with van der Waals surface area (Å²) >= 11 is 0. The fraction of sp³-hybridized carbons (Fsp3) is 1.00. The normalized spacial score (nSPS) is 13.1. The van der Waals surface area contributed by atoms with Crippen LogP contribution in [0.2, 0.25) is 10.3 Å². The molecule has 0 aliphatic rings. The molecule has 0 N–H and O–H groups in total. The molecule has 0 aromatic carbocycles. The van der Waals surface area contributed by atoms with Crippen LogP contribution < -0.4 is 0 Å². The van der Waals surface area contributed by atoms with Crippen LogP contribution in [0.4, 0.5) is 0 Å². The van der Waals surface area contributed by atoms with Crippen LogP contribution in [0.3, 0.4) is 0 Å². The third kappa shape index (κ3) is 8.17. The fourth-order valence-electron chi connectivity index (χ4n) is 1.59. The standard InChI is InChI=1S/2C4H9.Be/c2*1-4(2)3;/h2*1-3H3;. The van der Waals surface area contributed by atoms with Crippen LogP contribution >= 0.6 is 0 Å². The molecule has 0 aliphatic heterocycles. The van der Waals surface area contributed by atoms with Gasteiger partial charge in [0.1, 0.15) is 0 Å². The van der Waals surface area contributed by atoms with Crippen molar-refractivity contribution in [1.82, 2.24) is 0 Å². The van der Waals surface area contributed by atoms with Gasteiger partial charge in [0, 0.05) is 0 Å². The minimum absolute atomic E-state index is 0.484. The zero-order chi connectivity index (χ0) is 7.71. The van der Waals surface area contributed by atoms with Gasteiger partial charge >= 0.3 is 60.6 Å². The summed E-state index contributed by atoms with van der Waals surface area (Å²) in [4.78, 5) is 0. The van der Waals surface area contributed by atoms with Gasteiger partial charge in [-0.25, -0.2) is 0 Å². The molecule has 0 amide bonds. The second kappa shape index (κ2) is 2.42. The van der Waals surface area contributed by atoms with E-state index in [-0.39, 0.29) is 0 Å². The van der Waals surface area contributed by atoms with Crippen molar-refractivity contribution in [3.05, 3.63) is 0 Å². The van der Waals surface area contributed by atoms with E-state index < -0.39 is 0 Å². The zero-order valence-corrected chi connectivity index (χ0v) is 7.71. The minimum atomic E-state index is 0.484. The van der Waals surface area contributed by atoms with E-state index in [2.05, 4.69) is 41.5 Å². The molecule has 1 heteroatoms. The molecule has 0 fully saturated rings. The van der Waals surface area contributed by atoms with Crippen LogP contribution in [-0.4, -0.2) is 8.78 Å². The van der Waals surface area contributed by atoms with E-state index in [9.17, 15) is 0 Å². The summed E-state index contributed by atoms with van der Waals surface area (Å²) in [5, 5.41) is 0.969. The van der Waals surface area contributed by atoms with Gasteiger partial charge in [0.2, 0.25) is 0 Å². The van der Waals surface area contributed by atoms with Crippen LogP contribution in [0.25, 0.3) is 0 Å². The van der Waals surface area contributed by atoms with E-state index in [0.29, 0.717) is 10.3 Å². The van der Waals surface area contributed by atoms with Crippen molar-refractivity contribution < 1.29 is 0 Å². The molecule has 0 saturated carbocycles. The number of hydrogen-bond acceptors (Lipinski definition) is 0. The first-order valence-electron chi connectivity index (χ1n) is 3.71. The van der Waals surface area contributed by atoms with Gasteiger partial charge in [-0.2, -0.15) is 0 Å². The average Bonchev–Trinajstić information content (AvgIpc) is 1.14. The Balaban J connectivity index is 3.75. The van der Waals surface area contributed by atoms with Gasteiger partial charge in [0.25, 0.3) is 0 Å². The molecule has 0 bridgehead atoms. The SMILES string of the molecule is C[C](C)(C)[Be][C](C)(C)C. The predicted octanol–water partition coefficient (Wildman–Crippen LogP) is 3.13. The van der Waals surface area contributed by atoms with Gasteiger partial charge in [0.05, 0.1) is 0 Å². The van der Waals surface area contributed by atoms with Crippen molar-refractivity contribution in [1.29, 1.82) is 0 Å². The second-order valence-electron chi connectivity index (χ2n) is 5.30. The molecule has 0 atom stereocenters. The Labute approximate surface area is 61.3 Å². The summed E-state index contributed by atoms with van der Waals surface area (Å²) < 4.78 is 0. The Bertz CT molecular complexity index is 69.7. The summed E-state index contributed by atoms with van der Waals surface area (Å²) in [6.45, 7) is 13.7. The van der Waals surface area contributed by atoms with Crippen LogP contribution in [0.15, 0.2) is 0 Å². The van der Waals surface area contributed by atoms with Crippen molar-refractivity contribution in [3.63, 3.8) is 0 Å². The molecule has 0 aromatic rings. The molecular weight excluding hydrogens is 105 g/mol. The Morgan fingerprint density at radius 3 is 0.889 bits per heavy atom. The quantitative estimate of drug-likeness (QED) is 0.434.